The van der Waals surface area contributed by atoms with Gasteiger partial charge in [-0.2, -0.15) is 0 Å². The van der Waals surface area contributed by atoms with Gasteiger partial charge in [0.05, 0.1) is 33.0 Å². The Bertz CT molecular complexity index is 486. The van der Waals surface area contributed by atoms with Crippen molar-refractivity contribution in [1.29, 1.82) is 0 Å². The Hall–Kier alpha value is -1.03. The molecule has 0 spiro atoms. The molecule has 0 aromatic heterocycles. The SMILES string of the molecule is CCCCCCCC/C=C/CCCCCCCC(=O)OCC(O)COCC(O)COCC(O)CO. The number of aliphatic hydroxyl groups is 4. The van der Waals surface area contributed by atoms with Crippen molar-refractivity contribution in [3.63, 3.8) is 0 Å². The third-order valence-electron chi connectivity index (χ3n) is 5.53. The highest BCUT2D eigenvalue weighted by Crippen LogP contribution is 2.10. The summed E-state index contributed by atoms with van der Waals surface area (Å²) >= 11 is 0. The minimum absolute atomic E-state index is 0.0574. The molecule has 0 aromatic carbocycles. The molecular formula is C27H52O8. The summed E-state index contributed by atoms with van der Waals surface area (Å²) in [5, 5.41) is 37.3. The van der Waals surface area contributed by atoms with Gasteiger partial charge in [-0.25, -0.2) is 0 Å². The first-order valence-electron chi connectivity index (χ1n) is 13.6. The van der Waals surface area contributed by atoms with Crippen LogP contribution in [0.25, 0.3) is 0 Å². The number of hydrogen-bond donors (Lipinski definition) is 4. The lowest BCUT2D eigenvalue weighted by Crippen LogP contribution is -2.29. The topological polar surface area (TPSA) is 126 Å². The van der Waals surface area contributed by atoms with Crippen molar-refractivity contribution in [2.24, 2.45) is 0 Å². The molecule has 0 heterocycles. The molecule has 208 valence electrons. The Morgan fingerprint density at radius 2 is 1.11 bits per heavy atom. The van der Waals surface area contributed by atoms with Crippen molar-refractivity contribution in [2.45, 2.75) is 115 Å². The molecular weight excluding hydrogens is 452 g/mol. The van der Waals surface area contributed by atoms with E-state index in [2.05, 4.69) is 19.1 Å². The molecule has 8 heteroatoms. The van der Waals surface area contributed by atoms with Gasteiger partial charge in [0.1, 0.15) is 24.9 Å². The van der Waals surface area contributed by atoms with E-state index in [1.807, 2.05) is 0 Å². The van der Waals surface area contributed by atoms with Crippen LogP contribution in [0.15, 0.2) is 12.2 Å². The van der Waals surface area contributed by atoms with E-state index in [1.54, 1.807) is 0 Å². The lowest BCUT2D eigenvalue weighted by atomic mass is 10.1. The lowest BCUT2D eigenvalue weighted by Gasteiger charge is -2.15. The number of allylic oxidation sites excluding steroid dienone is 2. The Kier molecular flexibility index (Phi) is 25.3. The summed E-state index contributed by atoms with van der Waals surface area (Å²) < 4.78 is 15.3. The standard InChI is InChI=1S/C27H52O8/c1-2-3-4-5-6-7-8-9-10-11-12-13-14-15-16-17-27(32)35-23-26(31)22-34-21-25(30)20-33-19-24(29)18-28/h9-10,24-26,28-31H,2-8,11-23H2,1H3/b10-9+. The first-order chi connectivity index (χ1) is 17.0. The quantitative estimate of drug-likeness (QED) is 0.0799. The highest BCUT2D eigenvalue weighted by atomic mass is 16.6. The minimum Gasteiger partial charge on any atom is -0.463 e. The van der Waals surface area contributed by atoms with Gasteiger partial charge in [0, 0.05) is 6.42 Å². The average molecular weight is 505 g/mol. The smallest absolute Gasteiger partial charge is 0.305 e. The predicted octanol–water partition coefficient (Wildman–Crippen LogP) is 3.68. The molecule has 0 saturated heterocycles. The average Bonchev–Trinajstić information content (AvgIpc) is 2.85. The summed E-state index contributed by atoms with van der Waals surface area (Å²) in [7, 11) is 0. The number of unbranched alkanes of at least 4 members (excludes halogenated alkanes) is 11. The van der Waals surface area contributed by atoms with Crippen LogP contribution in [0.4, 0.5) is 0 Å². The van der Waals surface area contributed by atoms with Gasteiger partial charge in [0.15, 0.2) is 0 Å². The van der Waals surface area contributed by atoms with E-state index in [1.165, 1.54) is 57.8 Å². The molecule has 8 nitrogen and oxygen atoms in total. The van der Waals surface area contributed by atoms with Crippen molar-refractivity contribution in [2.75, 3.05) is 39.6 Å². The van der Waals surface area contributed by atoms with Crippen molar-refractivity contribution in [3.05, 3.63) is 12.2 Å². The maximum Gasteiger partial charge on any atom is 0.305 e. The van der Waals surface area contributed by atoms with Crippen molar-refractivity contribution in [3.8, 4) is 0 Å². The molecule has 3 unspecified atom stereocenters. The first kappa shape index (κ1) is 34.0. The van der Waals surface area contributed by atoms with Crippen LogP contribution in [0.1, 0.15) is 96.8 Å². The van der Waals surface area contributed by atoms with Crippen molar-refractivity contribution >= 4 is 5.97 Å². The largest absolute Gasteiger partial charge is 0.463 e. The van der Waals surface area contributed by atoms with Crippen molar-refractivity contribution in [1.82, 2.24) is 0 Å². The van der Waals surface area contributed by atoms with E-state index in [0.717, 1.165) is 25.7 Å². The molecule has 3 atom stereocenters. The second-order valence-corrected chi connectivity index (χ2v) is 9.24. The van der Waals surface area contributed by atoms with Gasteiger partial charge in [-0.05, 0) is 32.1 Å². The maximum atomic E-state index is 11.8. The van der Waals surface area contributed by atoms with Crippen LogP contribution in [0.3, 0.4) is 0 Å². The fourth-order valence-electron chi connectivity index (χ4n) is 3.43. The number of ether oxygens (including phenoxy) is 3. The summed E-state index contributed by atoms with van der Waals surface area (Å²) in [5.74, 6) is -0.322. The van der Waals surface area contributed by atoms with Crippen LogP contribution < -0.4 is 0 Å². The highest BCUT2D eigenvalue weighted by Gasteiger charge is 2.12. The van der Waals surface area contributed by atoms with E-state index in [-0.39, 0.29) is 39.0 Å². The van der Waals surface area contributed by atoms with Crippen LogP contribution in [0, 0.1) is 0 Å². The minimum atomic E-state index is -0.980. The Balaban J connectivity index is 3.45. The zero-order valence-corrected chi connectivity index (χ0v) is 22.0. The third kappa shape index (κ3) is 25.9. The van der Waals surface area contributed by atoms with Gasteiger partial charge in [-0.1, -0.05) is 70.4 Å². The maximum absolute atomic E-state index is 11.8. The fourth-order valence-corrected chi connectivity index (χ4v) is 3.43. The van der Waals surface area contributed by atoms with Crippen LogP contribution in [0.5, 0.6) is 0 Å². The summed E-state index contributed by atoms with van der Waals surface area (Å²) in [6.07, 6.45) is 17.8. The van der Waals surface area contributed by atoms with Gasteiger partial charge in [0.2, 0.25) is 0 Å². The molecule has 0 rings (SSSR count). The highest BCUT2D eigenvalue weighted by molar-refractivity contribution is 5.69. The molecule has 0 aliphatic heterocycles. The lowest BCUT2D eigenvalue weighted by molar-refractivity contribution is -0.148. The van der Waals surface area contributed by atoms with E-state index in [0.29, 0.717) is 6.42 Å². The Morgan fingerprint density at radius 3 is 1.66 bits per heavy atom. The number of aliphatic hydroxyl groups excluding tert-OH is 4. The van der Waals surface area contributed by atoms with Gasteiger partial charge in [0.25, 0.3) is 0 Å². The summed E-state index contributed by atoms with van der Waals surface area (Å²) in [4.78, 5) is 11.8. The molecule has 0 fully saturated rings. The number of carbonyl (C=O) groups is 1. The summed E-state index contributed by atoms with van der Waals surface area (Å²) in [5.41, 5.74) is 0. The zero-order valence-electron chi connectivity index (χ0n) is 22.0. The second kappa shape index (κ2) is 26.0. The van der Waals surface area contributed by atoms with Crippen LogP contribution >= 0.6 is 0 Å². The van der Waals surface area contributed by atoms with Crippen LogP contribution in [-0.2, 0) is 19.0 Å². The monoisotopic (exact) mass is 504 g/mol. The molecule has 0 saturated carbocycles. The number of rotatable bonds is 26. The molecule has 0 aliphatic rings. The normalized spacial score (nSPS) is 14.3. The second-order valence-electron chi connectivity index (χ2n) is 9.24. The molecule has 0 radical (unpaired) electrons. The Morgan fingerprint density at radius 1 is 0.657 bits per heavy atom. The molecule has 4 N–H and O–H groups in total. The first-order valence-corrected chi connectivity index (χ1v) is 13.6. The molecule has 0 amide bonds. The van der Waals surface area contributed by atoms with E-state index in [9.17, 15) is 15.0 Å². The van der Waals surface area contributed by atoms with Crippen molar-refractivity contribution < 1.29 is 39.4 Å². The summed E-state index contributed by atoms with van der Waals surface area (Å²) in [6.45, 7) is 1.43. The predicted molar refractivity (Wildman–Crippen MR) is 137 cm³/mol. The fraction of sp³-hybridized carbons (Fsp3) is 0.889. The molecule has 0 bridgehead atoms. The zero-order chi connectivity index (χ0) is 26.0. The number of hydrogen-bond acceptors (Lipinski definition) is 8. The number of esters is 1. The van der Waals surface area contributed by atoms with E-state index >= 15 is 0 Å². The van der Waals surface area contributed by atoms with Gasteiger partial charge in [-0.15, -0.1) is 0 Å². The third-order valence-corrected chi connectivity index (χ3v) is 5.53. The van der Waals surface area contributed by atoms with Gasteiger partial charge < -0.3 is 34.6 Å². The number of carbonyl (C=O) groups excluding carboxylic acids is 1. The molecule has 0 aromatic rings. The van der Waals surface area contributed by atoms with Gasteiger partial charge in [-0.3, -0.25) is 4.79 Å². The van der Waals surface area contributed by atoms with Crippen LogP contribution in [-0.4, -0.2) is 84.3 Å². The Labute approximate surface area is 212 Å². The van der Waals surface area contributed by atoms with Crippen LogP contribution in [0.2, 0.25) is 0 Å². The van der Waals surface area contributed by atoms with Gasteiger partial charge >= 0.3 is 5.97 Å². The van der Waals surface area contributed by atoms with E-state index < -0.39 is 24.9 Å². The molecule has 35 heavy (non-hydrogen) atoms. The molecule has 0 aliphatic carbocycles. The van der Waals surface area contributed by atoms with E-state index in [4.69, 9.17) is 24.4 Å². The summed E-state index contributed by atoms with van der Waals surface area (Å²) in [6, 6.07) is 0.